The van der Waals surface area contributed by atoms with E-state index in [1.54, 1.807) is 7.11 Å². The van der Waals surface area contributed by atoms with Crippen molar-refractivity contribution in [1.82, 2.24) is 0 Å². The molecule has 1 aromatic carbocycles. The second-order valence-corrected chi connectivity index (χ2v) is 5.50. The minimum absolute atomic E-state index is 0.314. The summed E-state index contributed by atoms with van der Waals surface area (Å²) in [7, 11) is 1.80. The molecular weight excluding hydrogens is 238 g/mol. The largest absolute Gasteiger partial charge is 0.388 e. The molecule has 1 aromatic rings. The summed E-state index contributed by atoms with van der Waals surface area (Å²) < 4.78 is 5.55. The van der Waals surface area contributed by atoms with Crippen molar-refractivity contribution in [2.45, 2.75) is 38.9 Å². The molecule has 0 aromatic heterocycles. The number of piperidine rings is 1. The summed E-state index contributed by atoms with van der Waals surface area (Å²) in [6.07, 6.45) is 1.89. The van der Waals surface area contributed by atoms with Crippen LogP contribution in [-0.4, -0.2) is 31.4 Å². The zero-order chi connectivity index (χ0) is 13.8. The van der Waals surface area contributed by atoms with E-state index in [0.717, 1.165) is 31.5 Å². The van der Waals surface area contributed by atoms with Gasteiger partial charge in [-0.15, -0.1) is 0 Å². The molecule has 1 aliphatic rings. The van der Waals surface area contributed by atoms with Crippen LogP contribution in [0.4, 0.5) is 5.69 Å². The van der Waals surface area contributed by atoms with Crippen LogP contribution in [0.3, 0.4) is 0 Å². The lowest BCUT2D eigenvalue weighted by molar-refractivity contribution is 0.0498. The molecule has 1 heterocycles. The average Bonchev–Trinajstić information content (AvgIpc) is 2.47. The molecule has 1 N–H and O–H groups in total. The van der Waals surface area contributed by atoms with Gasteiger partial charge in [-0.25, -0.2) is 0 Å². The smallest absolute Gasteiger partial charge is 0.0787 e. The van der Waals surface area contributed by atoms with Crippen LogP contribution >= 0.6 is 0 Å². The van der Waals surface area contributed by atoms with Gasteiger partial charge < -0.3 is 14.7 Å². The van der Waals surface area contributed by atoms with Crippen LogP contribution in [-0.2, 0) is 4.74 Å². The first-order valence-electron chi connectivity index (χ1n) is 7.21. The molecule has 0 amide bonds. The summed E-state index contributed by atoms with van der Waals surface area (Å²) in [6, 6.07) is 8.28. The topological polar surface area (TPSA) is 32.7 Å². The van der Waals surface area contributed by atoms with E-state index in [9.17, 15) is 5.11 Å². The maximum atomic E-state index is 9.81. The zero-order valence-electron chi connectivity index (χ0n) is 12.2. The van der Waals surface area contributed by atoms with Gasteiger partial charge in [-0.3, -0.25) is 0 Å². The molecule has 1 aliphatic heterocycles. The quantitative estimate of drug-likeness (QED) is 0.906. The summed E-state index contributed by atoms with van der Waals surface area (Å²) in [5, 5.41) is 9.81. The normalized spacial score (nSPS) is 25.4. The van der Waals surface area contributed by atoms with Gasteiger partial charge in [-0.1, -0.05) is 26.0 Å². The first kappa shape index (κ1) is 14.4. The average molecular weight is 263 g/mol. The van der Waals surface area contributed by atoms with E-state index in [4.69, 9.17) is 4.74 Å². The molecule has 1 saturated heterocycles. The monoisotopic (exact) mass is 263 g/mol. The number of hydrogen-bond donors (Lipinski definition) is 1. The fourth-order valence-electron chi connectivity index (χ4n) is 2.72. The summed E-state index contributed by atoms with van der Waals surface area (Å²) >= 11 is 0. The van der Waals surface area contributed by atoms with Crippen LogP contribution in [0.5, 0.6) is 0 Å². The molecule has 0 spiro atoms. The van der Waals surface area contributed by atoms with Crippen molar-refractivity contribution in [1.29, 1.82) is 0 Å². The van der Waals surface area contributed by atoms with E-state index in [1.807, 2.05) is 19.1 Å². The van der Waals surface area contributed by atoms with Gasteiger partial charge in [-0.05, 0) is 36.5 Å². The molecule has 19 heavy (non-hydrogen) atoms. The Labute approximate surface area is 116 Å². The lowest BCUT2D eigenvalue weighted by Crippen LogP contribution is -2.43. The van der Waals surface area contributed by atoms with Crippen molar-refractivity contribution < 1.29 is 9.84 Å². The molecule has 1 fully saturated rings. The minimum Gasteiger partial charge on any atom is -0.388 e. The van der Waals surface area contributed by atoms with Gasteiger partial charge in [0.1, 0.15) is 0 Å². The molecule has 0 radical (unpaired) electrons. The summed E-state index contributed by atoms with van der Waals surface area (Å²) in [5.41, 5.74) is 2.22. The van der Waals surface area contributed by atoms with E-state index in [2.05, 4.69) is 24.0 Å². The van der Waals surface area contributed by atoms with Gasteiger partial charge in [0, 0.05) is 25.9 Å². The molecular formula is C16H25NO2. The van der Waals surface area contributed by atoms with Crippen molar-refractivity contribution in [3.8, 4) is 0 Å². The van der Waals surface area contributed by atoms with Crippen molar-refractivity contribution in [3.63, 3.8) is 0 Å². The van der Waals surface area contributed by atoms with Gasteiger partial charge >= 0.3 is 0 Å². The first-order valence-corrected chi connectivity index (χ1v) is 7.21. The van der Waals surface area contributed by atoms with Gasteiger partial charge in [-0.2, -0.15) is 0 Å². The Morgan fingerprint density at radius 2 is 2.05 bits per heavy atom. The van der Waals surface area contributed by atoms with Gasteiger partial charge in [0.2, 0.25) is 0 Å². The van der Waals surface area contributed by atoms with Gasteiger partial charge in [0.05, 0.1) is 12.2 Å². The third kappa shape index (κ3) is 3.28. The number of anilines is 1. The molecule has 3 heteroatoms. The van der Waals surface area contributed by atoms with Crippen molar-refractivity contribution in [2.24, 2.45) is 5.92 Å². The molecule has 3 atom stereocenters. The van der Waals surface area contributed by atoms with E-state index in [1.165, 1.54) is 5.69 Å². The fourth-order valence-corrected chi connectivity index (χ4v) is 2.72. The van der Waals surface area contributed by atoms with Crippen LogP contribution in [0.1, 0.15) is 38.4 Å². The highest BCUT2D eigenvalue weighted by Crippen LogP contribution is 2.26. The third-order valence-electron chi connectivity index (χ3n) is 4.22. The maximum Gasteiger partial charge on any atom is 0.0787 e. The predicted molar refractivity (Wildman–Crippen MR) is 78.5 cm³/mol. The molecule has 106 valence electrons. The van der Waals surface area contributed by atoms with Crippen LogP contribution in [0.25, 0.3) is 0 Å². The van der Waals surface area contributed by atoms with Crippen molar-refractivity contribution in [2.75, 3.05) is 25.1 Å². The number of hydrogen-bond acceptors (Lipinski definition) is 3. The SMILES string of the molecule is CCC(O)c1ccc(N2CCC(C)C(OC)C2)cc1. The van der Waals surface area contributed by atoms with Crippen molar-refractivity contribution in [3.05, 3.63) is 29.8 Å². The Kier molecular flexibility index (Phi) is 4.83. The number of benzene rings is 1. The summed E-state index contributed by atoms with van der Waals surface area (Å²) in [5.74, 6) is 0.627. The number of nitrogens with zero attached hydrogens (tertiary/aromatic N) is 1. The Hall–Kier alpha value is -1.06. The highest BCUT2D eigenvalue weighted by molar-refractivity contribution is 5.48. The third-order valence-corrected chi connectivity index (χ3v) is 4.22. The number of aliphatic hydroxyl groups excluding tert-OH is 1. The summed E-state index contributed by atoms with van der Waals surface area (Å²) in [6.45, 7) is 6.28. The van der Waals surface area contributed by atoms with E-state index < -0.39 is 0 Å². The fraction of sp³-hybridized carbons (Fsp3) is 0.625. The van der Waals surface area contributed by atoms with E-state index in [0.29, 0.717) is 12.0 Å². The van der Waals surface area contributed by atoms with Crippen LogP contribution in [0.2, 0.25) is 0 Å². The van der Waals surface area contributed by atoms with Crippen LogP contribution in [0, 0.1) is 5.92 Å². The van der Waals surface area contributed by atoms with E-state index >= 15 is 0 Å². The highest BCUT2D eigenvalue weighted by Gasteiger charge is 2.26. The first-order chi connectivity index (χ1) is 9.15. The number of aliphatic hydroxyl groups is 1. The minimum atomic E-state index is -0.345. The molecule has 0 bridgehead atoms. The lowest BCUT2D eigenvalue weighted by atomic mass is 9.95. The van der Waals surface area contributed by atoms with Gasteiger partial charge in [0.15, 0.2) is 0 Å². The number of rotatable bonds is 4. The Morgan fingerprint density at radius 3 is 2.63 bits per heavy atom. The molecule has 3 unspecified atom stereocenters. The Morgan fingerprint density at radius 1 is 1.37 bits per heavy atom. The second kappa shape index (κ2) is 6.40. The Balaban J connectivity index is 2.06. The highest BCUT2D eigenvalue weighted by atomic mass is 16.5. The number of ether oxygens (including phenoxy) is 1. The molecule has 0 saturated carbocycles. The summed E-state index contributed by atoms with van der Waals surface area (Å²) in [4.78, 5) is 2.37. The van der Waals surface area contributed by atoms with Crippen LogP contribution in [0.15, 0.2) is 24.3 Å². The van der Waals surface area contributed by atoms with Crippen LogP contribution < -0.4 is 4.90 Å². The zero-order valence-corrected chi connectivity index (χ0v) is 12.2. The maximum absolute atomic E-state index is 9.81. The number of methoxy groups -OCH3 is 1. The van der Waals surface area contributed by atoms with Crippen molar-refractivity contribution >= 4 is 5.69 Å². The standard InChI is InChI=1S/C16H25NO2/c1-4-15(18)13-5-7-14(8-6-13)17-10-9-12(2)16(11-17)19-3/h5-8,12,15-16,18H,4,9-11H2,1-3H3. The molecule has 3 nitrogen and oxygen atoms in total. The lowest BCUT2D eigenvalue weighted by Gasteiger charge is -2.37. The van der Waals surface area contributed by atoms with Gasteiger partial charge in [0.25, 0.3) is 0 Å². The second-order valence-electron chi connectivity index (χ2n) is 5.50. The molecule has 2 rings (SSSR count). The van der Waals surface area contributed by atoms with E-state index in [-0.39, 0.29) is 6.10 Å². The Bertz CT molecular complexity index is 390. The molecule has 0 aliphatic carbocycles. The predicted octanol–water partition coefficient (Wildman–Crippen LogP) is 2.99.